The van der Waals surface area contributed by atoms with Gasteiger partial charge in [0.2, 0.25) is 0 Å². The predicted molar refractivity (Wildman–Crippen MR) is 186 cm³/mol. The summed E-state index contributed by atoms with van der Waals surface area (Å²) in [5.74, 6) is 1.20. The standard InChI is InChI=1S/C38H49N3O4Si/c1-38(2,3)46(4,5)44-26-27-15-16-34-29(21-27)17-18-41(36(34)42)20-19-40-24-30-22-32(23-31(30)25-40)45-37(43)39-35-14-10-9-13-33(35)28-11-7-6-8-12-28/h6-16,21,30-32H,17-20,22-26H2,1-5H3,(H,39,43)/t30-,31+,32?. The van der Waals surface area contributed by atoms with Crippen molar-refractivity contribution in [2.75, 3.05) is 38.0 Å². The van der Waals surface area contributed by atoms with Crippen molar-refractivity contribution in [2.45, 2.75) is 70.9 Å². The lowest BCUT2D eigenvalue weighted by Gasteiger charge is -2.36. The number of fused-ring (bicyclic) bond motifs is 2. The third kappa shape index (κ3) is 7.24. The molecule has 3 aliphatic rings. The van der Waals surface area contributed by atoms with Crippen molar-refractivity contribution in [1.82, 2.24) is 9.80 Å². The molecule has 3 aromatic rings. The summed E-state index contributed by atoms with van der Waals surface area (Å²) in [5, 5.41) is 3.16. The van der Waals surface area contributed by atoms with Crippen LogP contribution in [-0.4, -0.2) is 68.9 Å². The molecule has 1 unspecified atom stereocenters. The van der Waals surface area contributed by atoms with Gasteiger partial charge in [0.1, 0.15) is 6.10 Å². The van der Waals surface area contributed by atoms with Crippen LogP contribution in [0.25, 0.3) is 11.1 Å². The largest absolute Gasteiger partial charge is 0.446 e. The average molecular weight is 640 g/mol. The highest BCUT2D eigenvalue weighted by Gasteiger charge is 2.42. The van der Waals surface area contributed by atoms with Gasteiger partial charge >= 0.3 is 6.09 Å². The summed E-state index contributed by atoms with van der Waals surface area (Å²) in [6.45, 7) is 16.3. The molecule has 2 aliphatic heterocycles. The fourth-order valence-electron chi connectivity index (χ4n) is 7.01. The zero-order valence-corrected chi connectivity index (χ0v) is 29.1. The molecule has 1 saturated heterocycles. The van der Waals surface area contributed by atoms with Crippen LogP contribution in [0.15, 0.2) is 72.8 Å². The van der Waals surface area contributed by atoms with Gasteiger partial charge in [-0.15, -0.1) is 0 Å². The van der Waals surface area contributed by atoms with Gasteiger partial charge in [0.05, 0.1) is 12.3 Å². The molecule has 8 heteroatoms. The van der Waals surface area contributed by atoms with Crippen LogP contribution in [0.4, 0.5) is 10.5 Å². The topological polar surface area (TPSA) is 71.1 Å². The molecule has 2 amide bonds. The van der Waals surface area contributed by atoms with Crippen molar-refractivity contribution in [3.05, 3.63) is 89.5 Å². The van der Waals surface area contributed by atoms with Gasteiger partial charge in [-0.25, -0.2) is 4.79 Å². The number of hydrogen-bond donors (Lipinski definition) is 1. The molecule has 2 heterocycles. The maximum absolute atomic E-state index is 13.4. The number of likely N-dealkylation sites (tertiary alicyclic amines) is 1. The SMILES string of the molecule is CC(C)(C)[Si](C)(C)OCc1ccc2c(c1)CCN(CCN1C[C@H]3CC(OC(=O)Nc4ccccc4-c4ccccc4)C[C@H]3C1)C2=O. The first kappa shape index (κ1) is 32.5. The lowest BCUT2D eigenvalue weighted by molar-refractivity contribution is 0.0720. The Balaban J connectivity index is 0.949. The maximum atomic E-state index is 13.4. The Kier molecular flexibility index (Phi) is 9.42. The van der Waals surface area contributed by atoms with Crippen LogP contribution >= 0.6 is 0 Å². The molecule has 0 aromatic heterocycles. The second kappa shape index (κ2) is 13.3. The van der Waals surface area contributed by atoms with Crippen LogP contribution < -0.4 is 5.32 Å². The Morgan fingerprint density at radius 3 is 2.33 bits per heavy atom. The summed E-state index contributed by atoms with van der Waals surface area (Å²) in [5.41, 5.74) is 5.93. The van der Waals surface area contributed by atoms with Crippen LogP contribution in [0.5, 0.6) is 0 Å². The molecule has 244 valence electrons. The lowest BCUT2D eigenvalue weighted by Crippen LogP contribution is -2.42. The average Bonchev–Trinajstić information content (AvgIpc) is 3.58. The van der Waals surface area contributed by atoms with E-state index in [0.717, 1.165) is 85.5 Å². The summed E-state index contributed by atoms with van der Waals surface area (Å²) in [7, 11) is -1.82. The minimum absolute atomic E-state index is 0.0571. The third-order valence-corrected chi connectivity index (χ3v) is 15.2. The summed E-state index contributed by atoms with van der Waals surface area (Å²) < 4.78 is 12.3. The normalized spacial score (nSPS) is 21.6. The molecule has 0 bridgehead atoms. The van der Waals surface area contributed by atoms with Gasteiger partial charge in [-0.1, -0.05) is 81.4 Å². The third-order valence-electron chi connectivity index (χ3n) is 10.7. The van der Waals surface area contributed by atoms with Gasteiger partial charge in [-0.3, -0.25) is 10.1 Å². The molecule has 7 nitrogen and oxygen atoms in total. The Hall–Kier alpha value is -3.46. The van der Waals surface area contributed by atoms with E-state index in [2.05, 4.69) is 56.2 Å². The monoisotopic (exact) mass is 639 g/mol. The minimum atomic E-state index is -1.82. The lowest BCUT2D eigenvalue weighted by atomic mass is 9.97. The Bertz CT molecular complexity index is 1540. The molecule has 3 atom stereocenters. The second-order valence-corrected chi connectivity index (χ2v) is 19.7. The van der Waals surface area contributed by atoms with Crippen molar-refractivity contribution in [1.29, 1.82) is 0 Å². The number of nitrogens with zero attached hydrogens (tertiary/aromatic N) is 2. The number of benzene rings is 3. The molecule has 2 fully saturated rings. The first-order chi connectivity index (χ1) is 22.0. The van der Waals surface area contributed by atoms with E-state index in [-0.39, 0.29) is 23.1 Å². The van der Waals surface area contributed by atoms with Gasteiger partial charge in [0.15, 0.2) is 8.32 Å². The van der Waals surface area contributed by atoms with E-state index in [4.69, 9.17) is 9.16 Å². The molecular formula is C38H49N3O4Si. The summed E-state index contributed by atoms with van der Waals surface area (Å²) in [4.78, 5) is 30.8. The van der Waals surface area contributed by atoms with E-state index in [1.54, 1.807) is 0 Å². The zero-order valence-electron chi connectivity index (χ0n) is 28.1. The molecule has 1 saturated carbocycles. The smallest absolute Gasteiger partial charge is 0.411 e. The number of hydrogen-bond acceptors (Lipinski definition) is 5. The van der Waals surface area contributed by atoms with Crippen LogP contribution in [0.2, 0.25) is 18.1 Å². The Morgan fingerprint density at radius 2 is 1.61 bits per heavy atom. The number of carbonyl (C=O) groups excluding carboxylic acids is 2. The summed E-state index contributed by atoms with van der Waals surface area (Å²) in [6.07, 6.45) is 2.23. The van der Waals surface area contributed by atoms with Gasteiger partial charge in [0, 0.05) is 43.9 Å². The predicted octanol–water partition coefficient (Wildman–Crippen LogP) is 7.83. The van der Waals surface area contributed by atoms with Gasteiger partial charge in [-0.05, 0) is 78.1 Å². The minimum Gasteiger partial charge on any atom is -0.446 e. The Labute approximate surface area is 275 Å². The molecule has 0 radical (unpaired) electrons. The van der Waals surface area contributed by atoms with Crippen LogP contribution in [0.3, 0.4) is 0 Å². The fraction of sp³-hybridized carbons (Fsp3) is 0.474. The first-order valence-electron chi connectivity index (χ1n) is 16.9. The second-order valence-electron chi connectivity index (χ2n) is 14.9. The number of para-hydroxylation sites is 1. The van der Waals surface area contributed by atoms with E-state index >= 15 is 0 Å². The number of ether oxygens (including phenoxy) is 1. The zero-order chi connectivity index (χ0) is 32.5. The van der Waals surface area contributed by atoms with E-state index in [9.17, 15) is 9.59 Å². The maximum Gasteiger partial charge on any atom is 0.411 e. The van der Waals surface area contributed by atoms with Crippen molar-refractivity contribution >= 4 is 26.0 Å². The molecule has 1 aliphatic carbocycles. The molecule has 46 heavy (non-hydrogen) atoms. The molecule has 3 aromatic carbocycles. The quantitative estimate of drug-likeness (QED) is 0.242. The number of carbonyl (C=O) groups is 2. The van der Waals surface area contributed by atoms with Crippen molar-refractivity contribution in [3.8, 4) is 11.1 Å². The van der Waals surface area contributed by atoms with E-state index in [1.807, 2.05) is 65.6 Å². The number of amides is 2. The van der Waals surface area contributed by atoms with E-state index in [1.165, 1.54) is 0 Å². The van der Waals surface area contributed by atoms with E-state index < -0.39 is 8.32 Å². The van der Waals surface area contributed by atoms with Crippen LogP contribution in [0.1, 0.15) is 55.1 Å². The van der Waals surface area contributed by atoms with Gasteiger partial charge < -0.3 is 19.0 Å². The van der Waals surface area contributed by atoms with Crippen molar-refractivity contribution in [3.63, 3.8) is 0 Å². The molecule has 1 N–H and O–H groups in total. The van der Waals surface area contributed by atoms with Crippen LogP contribution in [0, 0.1) is 11.8 Å². The van der Waals surface area contributed by atoms with Crippen molar-refractivity contribution < 1.29 is 18.8 Å². The number of nitrogens with one attached hydrogen (secondary N) is 1. The number of rotatable bonds is 9. The highest BCUT2D eigenvalue weighted by molar-refractivity contribution is 6.74. The van der Waals surface area contributed by atoms with E-state index in [0.29, 0.717) is 18.4 Å². The van der Waals surface area contributed by atoms with Crippen LogP contribution in [-0.2, 0) is 22.2 Å². The highest BCUT2D eigenvalue weighted by atomic mass is 28.4. The summed E-state index contributed by atoms with van der Waals surface area (Å²) >= 11 is 0. The highest BCUT2D eigenvalue weighted by Crippen LogP contribution is 2.40. The molecular weight excluding hydrogens is 591 g/mol. The van der Waals surface area contributed by atoms with Gasteiger partial charge in [-0.2, -0.15) is 0 Å². The van der Waals surface area contributed by atoms with Gasteiger partial charge in [0.25, 0.3) is 5.91 Å². The van der Waals surface area contributed by atoms with Crippen molar-refractivity contribution in [2.24, 2.45) is 11.8 Å². The summed E-state index contributed by atoms with van der Waals surface area (Å²) in [6, 6.07) is 24.1. The molecule has 0 spiro atoms. The first-order valence-corrected chi connectivity index (χ1v) is 19.8. The molecule has 6 rings (SSSR count). The Morgan fingerprint density at radius 1 is 0.913 bits per heavy atom. The number of anilines is 1. The fourth-order valence-corrected chi connectivity index (χ4v) is 7.97.